The number of nitrogens with one attached hydrogen (secondary N) is 2. The van der Waals surface area contributed by atoms with E-state index in [1.165, 1.54) is 18.2 Å². The van der Waals surface area contributed by atoms with Crippen molar-refractivity contribution in [1.29, 1.82) is 0 Å². The van der Waals surface area contributed by atoms with E-state index in [4.69, 9.17) is 23.2 Å². The third-order valence-electron chi connectivity index (χ3n) is 3.03. The van der Waals surface area contributed by atoms with Gasteiger partial charge >= 0.3 is 0 Å². The SMILES string of the molecule is CNc1c(F)cccc1C(=O)Nc1c(Cl)ccc(C)c1Cl. The summed E-state index contributed by atoms with van der Waals surface area (Å²) >= 11 is 12.2. The molecule has 0 heterocycles. The summed E-state index contributed by atoms with van der Waals surface area (Å²) in [6, 6.07) is 7.64. The summed E-state index contributed by atoms with van der Waals surface area (Å²) in [5.41, 5.74) is 1.39. The van der Waals surface area contributed by atoms with E-state index in [-0.39, 0.29) is 11.3 Å². The zero-order chi connectivity index (χ0) is 15.6. The normalized spacial score (nSPS) is 10.3. The van der Waals surface area contributed by atoms with Crippen LogP contribution in [-0.2, 0) is 0 Å². The fraction of sp³-hybridized carbons (Fsp3) is 0.133. The zero-order valence-electron chi connectivity index (χ0n) is 11.4. The summed E-state index contributed by atoms with van der Waals surface area (Å²) in [6.07, 6.45) is 0. The van der Waals surface area contributed by atoms with Crippen LogP contribution in [0.4, 0.5) is 15.8 Å². The van der Waals surface area contributed by atoms with Gasteiger partial charge in [0, 0.05) is 7.05 Å². The summed E-state index contributed by atoms with van der Waals surface area (Å²) in [5, 5.41) is 5.98. The third-order valence-corrected chi connectivity index (χ3v) is 3.83. The minimum atomic E-state index is -0.508. The topological polar surface area (TPSA) is 41.1 Å². The predicted molar refractivity (Wildman–Crippen MR) is 85.1 cm³/mol. The van der Waals surface area contributed by atoms with Gasteiger partial charge in [-0.1, -0.05) is 35.3 Å². The summed E-state index contributed by atoms with van der Waals surface area (Å²) in [6.45, 7) is 1.80. The standard InChI is InChI=1S/C15H13Cl2FN2O/c1-8-6-7-10(16)14(12(8)17)20-15(21)9-4-3-5-11(18)13(9)19-2/h3-7,19H,1-2H3,(H,20,21). The Morgan fingerprint density at radius 3 is 2.52 bits per heavy atom. The Morgan fingerprint density at radius 1 is 1.14 bits per heavy atom. The third kappa shape index (κ3) is 3.12. The van der Waals surface area contributed by atoms with Gasteiger partial charge in [-0.2, -0.15) is 0 Å². The van der Waals surface area contributed by atoms with Gasteiger partial charge in [0.2, 0.25) is 0 Å². The number of hydrogen-bond donors (Lipinski definition) is 2. The zero-order valence-corrected chi connectivity index (χ0v) is 12.9. The second-order valence-electron chi connectivity index (χ2n) is 4.42. The Morgan fingerprint density at radius 2 is 1.86 bits per heavy atom. The number of para-hydroxylation sites is 1. The van der Waals surface area contributed by atoms with Gasteiger partial charge in [-0.25, -0.2) is 4.39 Å². The van der Waals surface area contributed by atoms with Crippen LogP contribution in [0.5, 0.6) is 0 Å². The van der Waals surface area contributed by atoms with Gasteiger partial charge < -0.3 is 10.6 Å². The highest BCUT2D eigenvalue weighted by molar-refractivity contribution is 6.40. The van der Waals surface area contributed by atoms with Gasteiger partial charge in [0.05, 0.1) is 27.0 Å². The maximum Gasteiger partial charge on any atom is 0.257 e. The molecule has 0 aliphatic carbocycles. The second kappa shape index (κ2) is 6.33. The molecular weight excluding hydrogens is 314 g/mol. The molecule has 21 heavy (non-hydrogen) atoms. The van der Waals surface area contributed by atoms with Crippen LogP contribution in [0.1, 0.15) is 15.9 Å². The first-order valence-electron chi connectivity index (χ1n) is 6.18. The molecule has 0 bridgehead atoms. The van der Waals surface area contributed by atoms with Gasteiger partial charge in [-0.05, 0) is 30.7 Å². The average molecular weight is 327 g/mol. The molecule has 0 aliphatic rings. The Balaban J connectivity index is 2.40. The van der Waals surface area contributed by atoms with Gasteiger partial charge in [0.1, 0.15) is 5.82 Å². The van der Waals surface area contributed by atoms with E-state index in [0.717, 1.165) is 5.56 Å². The highest BCUT2D eigenvalue weighted by Crippen LogP contribution is 2.33. The number of carbonyl (C=O) groups is 1. The molecule has 0 unspecified atom stereocenters. The minimum Gasteiger partial charge on any atom is -0.385 e. The minimum absolute atomic E-state index is 0.120. The highest BCUT2D eigenvalue weighted by Gasteiger charge is 2.17. The predicted octanol–water partition coefficient (Wildman–Crippen LogP) is 4.73. The average Bonchev–Trinajstić information content (AvgIpc) is 2.47. The molecule has 0 radical (unpaired) electrons. The van der Waals surface area contributed by atoms with Crippen molar-refractivity contribution in [1.82, 2.24) is 0 Å². The van der Waals surface area contributed by atoms with Crippen LogP contribution in [0.2, 0.25) is 10.0 Å². The van der Waals surface area contributed by atoms with Crippen molar-refractivity contribution < 1.29 is 9.18 Å². The first-order valence-corrected chi connectivity index (χ1v) is 6.93. The number of hydrogen-bond acceptors (Lipinski definition) is 2. The van der Waals surface area contributed by atoms with Gasteiger partial charge in [-0.15, -0.1) is 0 Å². The van der Waals surface area contributed by atoms with Crippen molar-refractivity contribution in [3.05, 3.63) is 57.3 Å². The van der Waals surface area contributed by atoms with E-state index in [9.17, 15) is 9.18 Å². The number of halogens is 3. The quantitative estimate of drug-likeness (QED) is 0.855. The van der Waals surface area contributed by atoms with E-state index in [1.807, 2.05) is 0 Å². The van der Waals surface area contributed by atoms with Crippen LogP contribution in [0.25, 0.3) is 0 Å². The molecule has 0 fully saturated rings. The number of aryl methyl sites for hydroxylation is 1. The lowest BCUT2D eigenvalue weighted by molar-refractivity contribution is 0.102. The Bertz CT molecular complexity index is 704. The van der Waals surface area contributed by atoms with Crippen molar-refractivity contribution in [3.63, 3.8) is 0 Å². The van der Waals surface area contributed by atoms with E-state index < -0.39 is 11.7 Å². The summed E-state index contributed by atoms with van der Waals surface area (Å²) in [7, 11) is 1.54. The summed E-state index contributed by atoms with van der Waals surface area (Å²) in [4.78, 5) is 12.3. The van der Waals surface area contributed by atoms with Crippen LogP contribution in [-0.4, -0.2) is 13.0 Å². The fourth-order valence-electron chi connectivity index (χ4n) is 1.92. The lowest BCUT2D eigenvalue weighted by atomic mass is 10.1. The Labute approximate surface area is 132 Å². The lowest BCUT2D eigenvalue weighted by Crippen LogP contribution is -2.15. The number of anilines is 2. The smallest absolute Gasteiger partial charge is 0.257 e. The molecule has 3 nitrogen and oxygen atoms in total. The largest absolute Gasteiger partial charge is 0.385 e. The van der Waals surface area contributed by atoms with Crippen LogP contribution in [0, 0.1) is 12.7 Å². The summed E-state index contributed by atoms with van der Waals surface area (Å²) < 4.78 is 13.7. The van der Waals surface area contributed by atoms with Crippen molar-refractivity contribution in [2.75, 3.05) is 17.7 Å². The van der Waals surface area contributed by atoms with Crippen molar-refractivity contribution in [3.8, 4) is 0 Å². The van der Waals surface area contributed by atoms with Crippen molar-refractivity contribution in [2.45, 2.75) is 6.92 Å². The molecule has 2 aromatic carbocycles. The summed E-state index contributed by atoms with van der Waals surface area (Å²) in [5.74, 6) is -1.00. The molecule has 0 spiro atoms. The molecule has 0 saturated heterocycles. The molecular formula is C15H13Cl2FN2O. The van der Waals surface area contributed by atoms with E-state index in [1.54, 1.807) is 26.1 Å². The molecule has 0 saturated carbocycles. The molecule has 1 amide bonds. The number of benzene rings is 2. The molecule has 6 heteroatoms. The van der Waals surface area contributed by atoms with Crippen LogP contribution in [0.15, 0.2) is 30.3 Å². The monoisotopic (exact) mass is 326 g/mol. The maximum absolute atomic E-state index is 13.7. The number of amides is 1. The van der Waals surface area contributed by atoms with Crippen molar-refractivity contribution >= 4 is 40.5 Å². The van der Waals surface area contributed by atoms with Gasteiger partial charge in [0.15, 0.2) is 0 Å². The molecule has 0 aliphatic heterocycles. The molecule has 2 aromatic rings. The first kappa shape index (κ1) is 15.6. The fourth-order valence-corrected chi connectivity index (χ4v) is 2.38. The van der Waals surface area contributed by atoms with Crippen molar-refractivity contribution in [2.24, 2.45) is 0 Å². The maximum atomic E-state index is 13.7. The molecule has 2 rings (SSSR count). The molecule has 0 aromatic heterocycles. The molecule has 2 N–H and O–H groups in total. The van der Waals surface area contributed by atoms with Crippen LogP contribution >= 0.6 is 23.2 Å². The number of carbonyl (C=O) groups excluding carboxylic acids is 1. The van der Waals surface area contributed by atoms with E-state index in [0.29, 0.717) is 15.7 Å². The lowest BCUT2D eigenvalue weighted by Gasteiger charge is -2.13. The van der Waals surface area contributed by atoms with Crippen LogP contribution < -0.4 is 10.6 Å². The highest BCUT2D eigenvalue weighted by atomic mass is 35.5. The van der Waals surface area contributed by atoms with E-state index in [2.05, 4.69) is 10.6 Å². The number of rotatable bonds is 3. The Hall–Kier alpha value is -1.78. The van der Waals surface area contributed by atoms with Crippen LogP contribution in [0.3, 0.4) is 0 Å². The molecule has 110 valence electrons. The second-order valence-corrected chi connectivity index (χ2v) is 5.20. The molecule has 0 atom stereocenters. The Kier molecular flexibility index (Phi) is 4.70. The van der Waals surface area contributed by atoms with Gasteiger partial charge in [0.25, 0.3) is 5.91 Å². The van der Waals surface area contributed by atoms with Gasteiger partial charge in [-0.3, -0.25) is 4.79 Å². The first-order chi connectivity index (χ1) is 9.95. The van der Waals surface area contributed by atoms with E-state index >= 15 is 0 Å².